The maximum atomic E-state index is 9.03. The molecule has 1 aliphatic carbocycles. The van der Waals surface area contributed by atoms with Crippen LogP contribution in [0.4, 0.5) is 5.69 Å². The van der Waals surface area contributed by atoms with Gasteiger partial charge in [-0.2, -0.15) is 10.4 Å². The van der Waals surface area contributed by atoms with Gasteiger partial charge in [-0.3, -0.25) is 9.40 Å². The predicted molar refractivity (Wildman–Crippen MR) is 125 cm³/mol. The smallest absolute Gasteiger partial charge is 0.139 e. The van der Waals surface area contributed by atoms with Gasteiger partial charge in [0.15, 0.2) is 0 Å². The van der Waals surface area contributed by atoms with Gasteiger partial charge in [-0.15, -0.1) is 0 Å². The molecular weight excluding hydrogens is 422 g/mol. The Hall–Kier alpha value is -3.39. The molecule has 0 amide bonds. The van der Waals surface area contributed by atoms with Crippen molar-refractivity contribution in [2.24, 2.45) is 5.73 Å². The summed E-state index contributed by atoms with van der Waals surface area (Å²) in [5.41, 5.74) is 10.0. The largest absolute Gasteiger partial charge is 0.381 e. The van der Waals surface area contributed by atoms with Crippen LogP contribution in [0.15, 0.2) is 54.1 Å². The van der Waals surface area contributed by atoms with E-state index in [1.165, 1.54) is 11.9 Å². The molecule has 0 aliphatic heterocycles. The Kier molecular flexibility index (Phi) is 5.77. The Morgan fingerprint density at radius 3 is 3.00 bits per heavy atom. The SMILES string of the molecule is N#Cc1ccnc(SN[C@H]2C[C@@H](Nc3c(-c4ccn(CCN)n4)cnc4[nH]ccc34)C2)c1. The second-order valence-electron chi connectivity index (χ2n) is 7.76. The lowest BCUT2D eigenvalue weighted by atomic mass is 9.87. The first kappa shape index (κ1) is 20.5. The molecule has 1 fully saturated rings. The third-order valence-corrected chi connectivity index (χ3v) is 6.43. The fourth-order valence-electron chi connectivity index (χ4n) is 3.83. The summed E-state index contributed by atoms with van der Waals surface area (Å²) in [5.74, 6) is 0. The molecule has 162 valence electrons. The number of rotatable bonds is 8. The number of H-pyrrole nitrogens is 1. The Morgan fingerprint density at radius 2 is 2.16 bits per heavy atom. The first-order valence-electron chi connectivity index (χ1n) is 10.5. The lowest BCUT2D eigenvalue weighted by Gasteiger charge is -2.37. The number of nitrogens with two attached hydrogens (primary N) is 1. The van der Waals surface area contributed by atoms with E-state index in [0.29, 0.717) is 30.7 Å². The topological polar surface area (TPSA) is 133 Å². The maximum absolute atomic E-state index is 9.03. The van der Waals surface area contributed by atoms with Crippen LogP contribution in [-0.4, -0.2) is 43.4 Å². The number of nitrogens with zero attached hydrogens (tertiary/aromatic N) is 5. The zero-order valence-electron chi connectivity index (χ0n) is 17.3. The highest BCUT2D eigenvalue weighted by Gasteiger charge is 2.30. The van der Waals surface area contributed by atoms with Gasteiger partial charge in [-0.25, -0.2) is 9.97 Å². The van der Waals surface area contributed by atoms with Gasteiger partial charge in [-0.1, -0.05) is 0 Å². The molecule has 0 spiro atoms. The van der Waals surface area contributed by atoms with Gasteiger partial charge in [-0.05, 0) is 49.1 Å². The molecule has 0 unspecified atom stereocenters. The van der Waals surface area contributed by atoms with E-state index in [4.69, 9.17) is 11.0 Å². The van der Waals surface area contributed by atoms with Crippen molar-refractivity contribution < 1.29 is 0 Å². The minimum atomic E-state index is 0.344. The van der Waals surface area contributed by atoms with Gasteiger partial charge in [0.25, 0.3) is 0 Å². The van der Waals surface area contributed by atoms with Crippen LogP contribution in [0.2, 0.25) is 0 Å². The van der Waals surface area contributed by atoms with Gasteiger partial charge in [0, 0.05) is 54.4 Å². The van der Waals surface area contributed by atoms with E-state index in [2.05, 4.69) is 36.2 Å². The number of hydrogen-bond acceptors (Lipinski definition) is 8. The molecule has 1 aliphatic rings. The van der Waals surface area contributed by atoms with E-state index in [-0.39, 0.29) is 0 Å². The van der Waals surface area contributed by atoms with Crippen molar-refractivity contribution in [3.63, 3.8) is 0 Å². The molecule has 0 atom stereocenters. The molecule has 4 aromatic rings. The lowest BCUT2D eigenvalue weighted by Crippen LogP contribution is -2.45. The number of hydrogen-bond donors (Lipinski definition) is 4. The van der Waals surface area contributed by atoms with E-state index in [9.17, 15) is 0 Å². The van der Waals surface area contributed by atoms with Gasteiger partial charge in [0.1, 0.15) is 10.7 Å². The number of nitriles is 1. The molecule has 9 nitrogen and oxygen atoms in total. The molecular formula is C22H23N9S. The number of nitrogens with one attached hydrogen (secondary N) is 3. The zero-order valence-corrected chi connectivity index (χ0v) is 18.1. The van der Waals surface area contributed by atoms with Crippen LogP contribution < -0.4 is 15.8 Å². The summed E-state index contributed by atoms with van der Waals surface area (Å²) in [6.07, 6.45) is 9.36. The minimum Gasteiger partial charge on any atom is -0.381 e. The second kappa shape index (κ2) is 9.00. The minimum absolute atomic E-state index is 0.344. The molecule has 0 bridgehead atoms. The van der Waals surface area contributed by atoms with E-state index in [1.807, 2.05) is 35.4 Å². The third kappa shape index (κ3) is 4.18. The average molecular weight is 446 g/mol. The molecule has 5 N–H and O–H groups in total. The number of fused-ring (bicyclic) bond motifs is 1. The Balaban J connectivity index is 1.27. The van der Waals surface area contributed by atoms with Crippen LogP contribution in [0.25, 0.3) is 22.3 Å². The third-order valence-electron chi connectivity index (χ3n) is 5.54. The number of anilines is 1. The van der Waals surface area contributed by atoms with E-state index in [1.54, 1.807) is 18.3 Å². The normalized spacial score (nSPS) is 17.8. The summed E-state index contributed by atoms with van der Waals surface area (Å²) in [5, 5.41) is 19.3. The van der Waals surface area contributed by atoms with Crippen molar-refractivity contribution in [3.05, 3.63) is 54.6 Å². The highest BCUT2D eigenvalue weighted by Crippen LogP contribution is 2.36. The highest BCUT2D eigenvalue weighted by molar-refractivity contribution is 7.97. The summed E-state index contributed by atoms with van der Waals surface area (Å²) >= 11 is 1.48. The first-order chi connectivity index (χ1) is 15.7. The van der Waals surface area contributed by atoms with Gasteiger partial charge in [0.05, 0.1) is 29.6 Å². The number of aromatic amines is 1. The van der Waals surface area contributed by atoms with Crippen molar-refractivity contribution in [2.75, 3.05) is 11.9 Å². The summed E-state index contributed by atoms with van der Waals surface area (Å²) in [6.45, 7) is 1.23. The molecule has 0 radical (unpaired) electrons. The summed E-state index contributed by atoms with van der Waals surface area (Å²) < 4.78 is 5.31. The fourth-order valence-corrected chi connectivity index (χ4v) is 4.61. The summed E-state index contributed by atoms with van der Waals surface area (Å²) in [4.78, 5) is 12.1. The van der Waals surface area contributed by atoms with Crippen molar-refractivity contribution in [1.82, 2.24) is 29.5 Å². The van der Waals surface area contributed by atoms with E-state index >= 15 is 0 Å². The molecule has 4 aromatic heterocycles. The van der Waals surface area contributed by atoms with Crippen molar-refractivity contribution in [1.29, 1.82) is 5.26 Å². The van der Waals surface area contributed by atoms with Crippen LogP contribution in [0.5, 0.6) is 0 Å². The number of aromatic nitrogens is 5. The zero-order chi connectivity index (χ0) is 21.9. The summed E-state index contributed by atoms with van der Waals surface area (Å²) in [7, 11) is 0. The average Bonchev–Trinajstić information content (AvgIpc) is 3.45. The standard InChI is InChI=1S/C22H23N9S/c23-4-8-31-7-3-19(29-31)18-13-27-22-17(2-6-26-22)21(18)28-15-10-16(11-15)30-32-20-9-14(12-24)1-5-25-20/h1-3,5-7,9,13,15-16,30H,4,8,10-11,23H2,(H2,26,27,28)/t15-,16+. The molecule has 1 saturated carbocycles. The van der Waals surface area contributed by atoms with Crippen molar-refractivity contribution in [3.8, 4) is 17.3 Å². The molecule has 5 rings (SSSR count). The Bertz CT molecular complexity index is 1270. The van der Waals surface area contributed by atoms with Crippen LogP contribution in [-0.2, 0) is 6.54 Å². The maximum Gasteiger partial charge on any atom is 0.139 e. The van der Waals surface area contributed by atoms with Gasteiger partial charge in [0.2, 0.25) is 0 Å². The second-order valence-corrected chi connectivity index (χ2v) is 8.62. The van der Waals surface area contributed by atoms with Crippen LogP contribution in [0, 0.1) is 11.3 Å². The molecule has 0 aromatic carbocycles. The van der Waals surface area contributed by atoms with Crippen LogP contribution >= 0.6 is 11.9 Å². The quantitative estimate of drug-likeness (QED) is 0.304. The molecule has 32 heavy (non-hydrogen) atoms. The van der Waals surface area contributed by atoms with Gasteiger partial charge >= 0.3 is 0 Å². The molecule has 0 saturated heterocycles. The van der Waals surface area contributed by atoms with E-state index < -0.39 is 0 Å². The Labute approximate surface area is 189 Å². The first-order valence-corrected chi connectivity index (χ1v) is 11.3. The van der Waals surface area contributed by atoms with Crippen molar-refractivity contribution in [2.45, 2.75) is 36.5 Å². The predicted octanol–water partition coefficient (Wildman–Crippen LogP) is 2.89. The monoisotopic (exact) mass is 445 g/mol. The Morgan fingerprint density at radius 1 is 1.25 bits per heavy atom. The fraction of sp³-hybridized carbons (Fsp3) is 0.273. The highest BCUT2D eigenvalue weighted by atomic mass is 32.2. The van der Waals surface area contributed by atoms with E-state index in [0.717, 1.165) is 45.8 Å². The van der Waals surface area contributed by atoms with Crippen LogP contribution in [0.3, 0.4) is 0 Å². The molecule has 4 heterocycles. The lowest BCUT2D eigenvalue weighted by molar-refractivity contribution is 0.355. The number of pyridine rings is 2. The molecule has 10 heteroatoms. The van der Waals surface area contributed by atoms with Crippen LogP contribution in [0.1, 0.15) is 18.4 Å². The van der Waals surface area contributed by atoms with Gasteiger partial charge < -0.3 is 16.0 Å². The van der Waals surface area contributed by atoms with Crippen molar-refractivity contribution >= 4 is 28.7 Å². The summed E-state index contributed by atoms with van der Waals surface area (Å²) in [6, 6.07) is 10.4.